The van der Waals surface area contributed by atoms with Crippen molar-refractivity contribution in [3.8, 4) is 6.07 Å². The molecule has 1 N–H and O–H groups in total. The number of aryl methyl sites for hydroxylation is 1. The van der Waals surface area contributed by atoms with E-state index in [0.29, 0.717) is 5.56 Å². The molecule has 22 heavy (non-hydrogen) atoms. The van der Waals surface area contributed by atoms with E-state index in [4.69, 9.17) is 5.26 Å². The van der Waals surface area contributed by atoms with Gasteiger partial charge in [-0.25, -0.2) is 9.97 Å². The lowest BCUT2D eigenvalue weighted by Gasteiger charge is -2.17. The average molecular weight is 288 g/mol. The monoisotopic (exact) mass is 288 g/mol. The van der Waals surface area contributed by atoms with Gasteiger partial charge < -0.3 is 5.32 Å². The third kappa shape index (κ3) is 2.61. The quantitative estimate of drug-likeness (QED) is 0.791. The maximum absolute atomic E-state index is 8.87. The van der Waals surface area contributed by atoms with Gasteiger partial charge in [0.25, 0.3) is 0 Å². The van der Waals surface area contributed by atoms with Crippen LogP contribution in [0.3, 0.4) is 0 Å². The number of hydrogen-bond donors (Lipinski definition) is 1. The Bertz CT molecular complexity index is 842. The summed E-state index contributed by atoms with van der Waals surface area (Å²) in [5, 5.41) is 13.4. The molecule has 0 aliphatic heterocycles. The first-order valence-corrected chi connectivity index (χ1v) is 7.16. The lowest BCUT2D eigenvalue weighted by molar-refractivity contribution is 0.875. The third-order valence-corrected chi connectivity index (χ3v) is 3.76. The largest absolute Gasteiger partial charge is 0.363 e. The summed E-state index contributed by atoms with van der Waals surface area (Å²) in [5.74, 6) is 0.833. The van der Waals surface area contributed by atoms with E-state index in [9.17, 15) is 0 Å². The zero-order valence-corrected chi connectivity index (χ0v) is 12.5. The molecule has 0 unspecified atom stereocenters. The Balaban J connectivity index is 1.94. The maximum Gasteiger partial charge on any atom is 0.138 e. The molecular weight excluding hydrogens is 272 g/mol. The van der Waals surface area contributed by atoms with Crippen molar-refractivity contribution < 1.29 is 0 Å². The fraction of sp³-hybridized carbons (Fsp3) is 0.167. The zero-order valence-electron chi connectivity index (χ0n) is 12.5. The van der Waals surface area contributed by atoms with Crippen LogP contribution >= 0.6 is 0 Å². The fourth-order valence-electron chi connectivity index (χ4n) is 2.53. The Morgan fingerprint density at radius 1 is 1.09 bits per heavy atom. The SMILES string of the molecule is Cc1cccc2ncnc(N[C@@H](C)c3ccc(C#N)cc3)c12. The number of nitrogens with zero attached hydrogens (tertiary/aromatic N) is 3. The molecule has 0 aliphatic carbocycles. The van der Waals surface area contributed by atoms with Crippen LogP contribution in [0.25, 0.3) is 10.9 Å². The lowest BCUT2D eigenvalue weighted by Crippen LogP contribution is -2.09. The Hall–Kier alpha value is -2.93. The van der Waals surface area contributed by atoms with Crippen LogP contribution in [0.1, 0.15) is 29.7 Å². The van der Waals surface area contributed by atoms with Crippen LogP contribution in [-0.2, 0) is 0 Å². The summed E-state index contributed by atoms with van der Waals surface area (Å²) < 4.78 is 0. The minimum atomic E-state index is 0.0884. The number of fused-ring (bicyclic) bond motifs is 1. The molecule has 3 aromatic rings. The van der Waals surface area contributed by atoms with Crippen LogP contribution in [-0.4, -0.2) is 9.97 Å². The summed E-state index contributed by atoms with van der Waals surface area (Å²) in [7, 11) is 0. The molecule has 0 amide bonds. The van der Waals surface area contributed by atoms with Gasteiger partial charge in [0.1, 0.15) is 12.1 Å². The smallest absolute Gasteiger partial charge is 0.138 e. The van der Waals surface area contributed by atoms with Gasteiger partial charge in [0.15, 0.2) is 0 Å². The van der Waals surface area contributed by atoms with Crippen molar-refractivity contribution in [1.29, 1.82) is 5.26 Å². The molecule has 3 rings (SSSR count). The van der Waals surface area contributed by atoms with Crippen molar-refractivity contribution in [3.63, 3.8) is 0 Å². The molecule has 1 atom stereocenters. The van der Waals surface area contributed by atoms with Gasteiger partial charge in [-0.3, -0.25) is 0 Å². The van der Waals surface area contributed by atoms with E-state index in [-0.39, 0.29) is 6.04 Å². The van der Waals surface area contributed by atoms with Gasteiger partial charge in [-0.05, 0) is 43.2 Å². The standard InChI is InChI=1S/C18H16N4/c1-12-4-3-5-16-17(12)18(21-11-20-16)22-13(2)15-8-6-14(10-19)7-9-15/h3-9,11,13H,1-2H3,(H,20,21,22)/t13-/m0/s1. The van der Waals surface area contributed by atoms with Gasteiger partial charge in [-0.15, -0.1) is 0 Å². The Morgan fingerprint density at radius 2 is 1.86 bits per heavy atom. The molecule has 0 saturated heterocycles. The highest BCUT2D eigenvalue weighted by molar-refractivity contribution is 5.91. The van der Waals surface area contributed by atoms with Crippen molar-refractivity contribution >= 4 is 16.7 Å². The summed E-state index contributed by atoms with van der Waals surface area (Å²) in [6.45, 7) is 4.14. The second kappa shape index (κ2) is 5.82. The summed E-state index contributed by atoms with van der Waals surface area (Å²) in [6.07, 6.45) is 1.58. The van der Waals surface area contributed by atoms with E-state index in [1.165, 1.54) is 0 Å². The second-order valence-electron chi connectivity index (χ2n) is 5.29. The Kier molecular flexibility index (Phi) is 3.71. The topological polar surface area (TPSA) is 61.6 Å². The lowest BCUT2D eigenvalue weighted by atomic mass is 10.1. The van der Waals surface area contributed by atoms with Gasteiger partial charge in [-0.2, -0.15) is 5.26 Å². The number of nitrogens with one attached hydrogen (secondary N) is 1. The van der Waals surface area contributed by atoms with Crippen molar-refractivity contribution in [2.24, 2.45) is 0 Å². The highest BCUT2D eigenvalue weighted by atomic mass is 15.0. The highest BCUT2D eigenvalue weighted by Crippen LogP contribution is 2.26. The van der Waals surface area contributed by atoms with Crippen molar-refractivity contribution in [2.45, 2.75) is 19.9 Å². The first kappa shape index (κ1) is 14.0. The zero-order chi connectivity index (χ0) is 15.5. The molecule has 108 valence electrons. The van der Waals surface area contributed by atoms with Gasteiger partial charge >= 0.3 is 0 Å². The average Bonchev–Trinajstić information content (AvgIpc) is 2.55. The van der Waals surface area contributed by atoms with Crippen LogP contribution in [0.4, 0.5) is 5.82 Å². The van der Waals surface area contributed by atoms with E-state index in [1.54, 1.807) is 6.33 Å². The number of rotatable bonds is 3. The molecule has 4 heteroatoms. The number of aromatic nitrogens is 2. The molecule has 0 fully saturated rings. The van der Waals surface area contributed by atoms with Gasteiger partial charge in [-0.1, -0.05) is 24.3 Å². The van der Waals surface area contributed by atoms with E-state index in [1.807, 2.05) is 36.4 Å². The van der Waals surface area contributed by atoms with Gasteiger partial charge in [0.05, 0.1) is 17.1 Å². The molecule has 0 spiro atoms. The minimum Gasteiger partial charge on any atom is -0.363 e. The predicted octanol–water partition coefficient (Wildman–Crippen LogP) is 3.98. The molecule has 1 heterocycles. The molecule has 1 aromatic heterocycles. The number of benzene rings is 2. The molecule has 0 aliphatic rings. The molecule has 2 aromatic carbocycles. The van der Waals surface area contributed by atoms with E-state index < -0.39 is 0 Å². The molecule has 4 nitrogen and oxygen atoms in total. The number of hydrogen-bond acceptors (Lipinski definition) is 4. The van der Waals surface area contributed by atoms with Crippen LogP contribution in [0, 0.1) is 18.3 Å². The Labute approximate surface area is 129 Å². The summed E-state index contributed by atoms with van der Waals surface area (Å²) >= 11 is 0. The van der Waals surface area contributed by atoms with E-state index in [0.717, 1.165) is 27.8 Å². The second-order valence-corrected chi connectivity index (χ2v) is 5.29. The van der Waals surface area contributed by atoms with Crippen LogP contribution in [0.2, 0.25) is 0 Å². The molecular formula is C18H16N4. The van der Waals surface area contributed by atoms with Gasteiger partial charge in [0.2, 0.25) is 0 Å². The summed E-state index contributed by atoms with van der Waals surface area (Å²) in [5.41, 5.74) is 3.86. The number of nitriles is 1. The van der Waals surface area contributed by atoms with Crippen molar-refractivity contribution in [2.75, 3.05) is 5.32 Å². The molecule has 0 radical (unpaired) electrons. The summed E-state index contributed by atoms with van der Waals surface area (Å²) in [4.78, 5) is 8.71. The van der Waals surface area contributed by atoms with E-state index >= 15 is 0 Å². The van der Waals surface area contributed by atoms with Gasteiger partial charge in [0, 0.05) is 11.4 Å². The van der Waals surface area contributed by atoms with Crippen LogP contribution < -0.4 is 5.32 Å². The first-order valence-electron chi connectivity index (χ1n) is 7.16. The predicted molar refractivity (Wildman–Crippen MR) is 87.5 cm³/mol. The van der Waals surface area contributed by atoms with Crippen molar-refractivity contribution in [1.82, 2.24) is 9.97 Å². The normalized spacial score (nSPS) is 11.9. The van der Waals surface area contributed by atoms with Crippen LogP contribution in [0.5, 0.6) is 0 Å². The third-order valence-electron chi connectivity index (χ3n) is 3.76. The first-order chi connectivity index (χ1) is 10.7. The molecule has 0 saturated carbocycles. The van der Waals surface area contributed by atoms with Crippen molar-refractivity contribution in [3.05, 3.63) is 65.5 Å². The van der Waals surface area contributed by atoms with Crippen LogP contribution in [0.15, 0.2) is 48.8 Å². The van der Waals surface area contributed by atoms with E-state index in [2.05, 4.69) is 41.3 Å². The Morgan fingerprint density at radius 3 is 2.59 bits per heavy atom. The highest BCUT2D eigenvalue weighted by Gasteiger charge is 2.10. The summed E-state index contributed by atoms with van der Waals surface area (Å²) in [6, 6.07) is 15.9. The minimum absolute atomic E-state index is 0.0884. The maximum atomic E-state index is 8.87. The fourth-order valence-corrected chi connectivity index (χ4v) is 2.53. The molecule has 0 bridgehead atoms. The number of anilines is 1.